The number of carbonyl (C=O) groups excluding carboxylic acids is 2. The van der Waals surface area contributed by atoms with E-state index in [9.17, 15) is 14.4 Å². The van der Waals surface area contributed by atoms with Gasteiger partial charge in [-0.1, -0.05) is 23.9 Å². The average molecular weight is 304 g/mol. The van der Waals surface area contributed by atoms with E-state index in [-0.39, 0.29) is 28.5 Å². The number of carboxylic acid groups (broad SMARTS) is 1. The second kappa shape index (κ2) is 5.13. The van der Waals surface area contributed by atoms with Crippen LogP contribution in [0, 0.1) is 0 Å². The monoisotopic (exact) mass is 304 g/mol. The molecule has 1 unspecified atom stereocenters. The van der Waals surface area contributed by atoms with Crippen molar-refractivity contribution in [3.63, 3.8) is 0 Å². The molecule has 0 amide bonds. The van der Waals surface area contributed by atoms with Gasteiger partial charge in [0.2, 0.25) is 0 Å². The summed E-state index contributed by atoms with van der Waals surface area (Å²) in [5.41, 5.74) is 1.40. The quantitative estimate of drug-likeness (QED) is 0.783. The third-order valence-electron chi connectivity index (χ3n) is 3.64. The van der Waals surface area contributed by atoms with Crippen molar-refractivity contribution in [1.29, 1.82) is 0 Å². The summed E-state index contributed by atoms with van der Waals surface area (Å²) >= 11 is 1.07. The first-order chi connectivity index (χ1) is 10.0. The number of thioether (sulfide) groups is 1. The Morgan fingerprint density at radius 2 is 2.19 bits per heavy atom. The number of carboxylic acids is 1. The lowest BCUT2D eigenvalue weighted by molar-refractivity contribution is -0.131. The van der Waals surface area contributed by atoms with Gasteiger partial charge in [0.15, 0.2) is 11.6 Å². The lowest BCUT2D eigenvalue weighted by Crippen LogP contribution is -2.29. The molecule has 1 atom stereocenters. The number of aliphatic carboxylic acids is 1. The van der Waals surface area contributed by atoms with Crippen molar-refractivity contribution in [3.05, 3.63) is 45.4 Å². The van der Waals surface area contributed by atoms with Gasteiger partial charge in [0.05, 0.1) is 10.5 Å². The van der Waals surface area contributed by atoms with Gasteiger partial charge >= 0.3 is 5.97 Å². The zero-order chi connectivity index (χ0) is 15.1. The fourth-order valence-electron chi connectivity index (χ4n) is 2.70. The first-order valence-electron chi connectivity index (χ1n) is 6.38. The topological polar surface area (TPSA) is 80.7 Å². The summed E-state index contributed by atoms with van der Waals surface area (Å²) in [5, 5.41) is 9.14. The molecule has 0 fully saturated rings. The second-order valence-corrected chi connectivity index (χ2v) is 5.98. The summed E-state index contributed by atoms with van der Waals surface area (Å²) in [6.07, 6.45) is 5.55. The first kappa shape index (κ1) is 14.0. The summed E-state index contributed by atoms with van der Waals surface area (Å²) in [6.45, 7) is 0. The second-order valence-electron chi connectivity index (χ2n) is 4.87. The molecule has 0 saturated carbocycles. The summed E-state index contributed by atoms with van der Waals surface area (Å²) < 4.78 is 5.31. The molecule has 0 saturated heterocycles. The van der Waals surface area contributed by atoms with E-state index in [1.54, 1.807) is 12.2 Å². The van der Waals surface area contributed by atoms with Crippen molar-refractivity contribution in [3.8, 4) is 0 Å². The van der Waals surface area contributed by atoms with E-state index in [1.807, 2.05) is 0 Å². The molecule has 0 radical (unpaired) electrons. The minimum absolute atomic E-state index is 0.0526. The first-order valence-corrected chi connectivity index (χ1v) is 7.26. The van der Waals surface area contributed by atoms with Gasteiger partial charge in [0.1, 0.15) is 5.44 Å². The molecule has 21 heavy (non-hydrogen) atoms. The van der Waals surface area contributed by atoms with E-state index in [0.717, 1.165) is 17.3 Å². The fraction of sp³-hybridized carbons (Fsp3) is 0.267. The summed E-state index contributed by atoms with van der Waals surface area (Å²) in [5.74, 6) is -1.70. The summed E-state index contributed by atoms with van der Waals surface area (Å²) in [7, 11) is 1.48. The predicted molar refractivity (Wildman–Crippen MR) is 76.5 cm³/mol. The van der Waals surface area contributed by atoms with Crippen LogP contribution in [0.25, 0.3) is 0 Å². The Hall–Kier alpha value is -1.92. The number of rotatable bonds is 2. The van der Waals surface area contributed by atoms with Gasteiger partial charge in [-0.05, 0) is 23.6 Å². The molecule has 6 heteroatoms. The van der Waals surface area contributed by atoms with Crippen molar-refractivity contribution in [2.75, 3.05) is 7.11 Å². The van der Waals surface area contributed by atoms with Gasteiger partial charge in [-0.2, -0.15) is 0 Å². The van der Waals surface area contributed by atoms with Crippen molar-refractivity contribution in [1.82, 2.24) is 0 Å². The molecular weight excluding hydrogens is 292 g/mol. The summed E-state index contributed by atoms with van der Waals surface area (Å²) in [4.78, 5) is 35.7. The number of carbonyl (C=O) groups is 3. The number of ketones is 2. The highest BCUT2D eigenvalue weighted by Gasteiger charge is 2.38. The number of ether oxygens (including phenoxy) is 1. The van der Waals surface area contributed by atoms with Crippen molar-refractivity contribution < 1.29 is 24.2 Å². The number of methoxy groups -OCH3 is 1. The van der Waals surface area contributed by atoms with Crippen LogP contribution in [0.15, 0.2) is 45.4 Å². The minimum Gasteiger partial charge on any atom is -0.477 e. The van der Waals surface area contributed by atoms with Crippen molar-refractivity contribution in [2.45, 2.75) is 18.3 Å². The summed E-state index contributed by atoms with van der Waals surface area (Å²) in [6, 6.07) is 0. The lowest BCUT2D eigenvalue weighted by atomic mass is 9.80. The standard InChI is InChI=1S/C15H12O5S/c1-20-15-9-5-7-3-2-4-10(16)12(7)13(17)8(9)6-11(21-15)14(18)19/h2-3,6,15H,4-5H2,1H3,(H,18,19). The normalized spacial score (nSPS) is 24.8. The average Bonchev–Trinajstić information content (AvgIpc) is 2.46. The van der Waals surface area contributed by atoms with Crippen LogP contribution in [-0.2, 0) is 19.1 Å². The molecule has 108 valence electrons. The Morgan fingerprint density at radius 1 is 1.43 bits per heavy atom. The molecule has 1 aliphatic heterocycles. The van der Waals surface area contributed by atoms with Crippen LogP contribution in [0.5, 0.6) is 0 Å². The zero-order valence-corrected chi connectivity index (χ0v) is 12.0. The Morgan fingerprint density at radius 3 is 2.86 bits per heavy atom. The molecule has 5 nitrogen and oxygen atoms in total. The maximum absolute atomic E-state index is 12.6. The molecule has 3 rings (SSSR count). The molecule has 0 spiro atoms. The molecule has 3 aliphatic rings. The van der Waals surface area contributed by atoms with Gasteiger partial charge in [-0.3, -0.25) is 9.59 Å². The molecule has 0 aromatic rings. The Kier molecular flexibility index (Phi) is 3.43. The van der Waals surface area contributed by atoms with Crippen LogP contribution in [0.4, 0.5) is 0 Å². The minimum atomic E-state index is -1.10. The third kappa shape index (κ3) is 2.20. The van der Waals surface area contributed by atoms with Crippen LogP contribution in [0.1, 0.15) is 12.8 Å². The molecule has 1 N–H and O–H groups in total. The van der Waals surface area contributed by atoms with E-state index in [4.69, 9.17) is 9.84 Å². The Labute approximate surface area is 125 Å². The maximum atomic E-state index is 12.6. The van der Waals surface area contributed by atoms with Crippen LogP contribution in [-0.4, -0.2) is 35.2 Å². The molecular formula is C15H12O5S. The lowest BCUT2D eigenvalue weighted by Gasteiger charge is -2.30. The molecule has 2 aliphatic carbocycles. The highest BCUT2D eigenvalue weighted by molar-refractivity contribution is 8.04. The predicted octanol–water partition coefficient (Wildman–Crippen LogP) is 1.77. The molecule has 0 aromatic carbocycles. The largest absolute Gasteiger partial charge is 0.477 e. The molecule has 0 bridgehead atoms. The SMILES string of the molecule is COC1SC(C(=O)O)=CC2=C1CC1=C(C(=O)CC=C1)C2=O. The number of Topliss-reactive ketones (excluding diaryl/α,β-unsaturated/α-hetero) is 2. The fourth-order valence-corrected chi connectivity index (χ4v) is 3.66. The van der Waals surface area contributed by atoms with Crippen LogP contribution < -0.4 is 0 Å². The van der Waals surface area contributed by atoms with E-state index in [1.165, 1.54) is 13.2 Å². The van der Waals surface area contributed by atoms with E-state index < -0.39 is 11.4 Å². The zero-order valence-electron chi connectivity index (χ0n) is 11.2. The third-order valence-corrected chi connectivity index (χ3v) is 4.88. The van der Waals surface area contributed by atoms with Crippen LogP contribution in [0.3, 0.4) is 0 Å². The van der Waals surface area contributed by atoms with Gasteiger partial charge in [-0.15, -0.1) is 0 Å². The van der Waals surface area contributed by atoms with Gasteiger partial charge in [0, 0.05) is 19.1 Å². The highest BCUT2D eigenvalue weighted by Crippen LogP contribution is 2.43. The van der Waals surface area contributed by atoms with Gasteiger partial charge < -0.3 is 9.84 Å². The smallest absolute Gasteiger partial charge is 0.342 e. The number of hydrogen-bond acceptors (Lipinski definition) is 5. The number of allylic oxidation sites excluding steroid dienone is 6. The van der Waals surface area contributed by atoms with E-state index in [0.29, 0.717) is 17.6 Å². The molecule has 1 heterocycles. The van der Waals surface area contributed by atoms with Crippen molar-refractivity contribution >= 4 is 29.3 Å². The van der Waals surface area contributed by atoms with Gasteiger partial charge in [-0.25, -0.2) is 4.79 Å². The Bertz CT molecular complexity index is 693. The molecule has 0 aromatic heterocycles. The van der Waals surface area contributed by atoms with E-state index in [2.05, 4.69) is 0 Å². The highest BCUT2D eigenvalue weighted by atomic mass is 32.2. The van der Waals surface area contributed by atoms with Crippen LogP contribution in [0.2, 0.25) is 0 Å². The van der Waals surface area contributed by atoms with Crippen molar-refractivity contribution in [2.24, 2.45) is 0 Å². The maximum Gasteiger partial charge on any atom is 0.342 e. The number of hydrogen-bond donors (Lipinski definition) is 1. The Balaban J connectivity index is 2.10. The van der Waals surface area contributed by atoms with E-state index >= 15 is 0 Å². The van der Waals surface area contributed by atoms with Gasteiger partial charge in [0.25, 0.3) is 0 Å². The van der Waals surface area contributed by atoms with Crippen LogP contribution >= 0.6 is 11.8 Å².